The highest BCUT2D eigenvalue weighted by molar-refractivity contribution is 9.10. The third-order valence-corrected chi connectivity index (χ3v) is 4.08. The second-order valence-corrected chi connectivity index (χ2v) is 6.61. The minimum atomic E-state index is -0.361. The van der Waals surface area contributed by atoms with Gasteiger partial charge in [-0.15, -0.1) is 0 Å². The number of nitrogens with zero attached hydrogens (tertiary/aromatic N) is 1. The van der Waals surface area contributed by atoms with Crippen LogP contribution in [-0.4, -0.2) is 32.4 Å². The second-order valence-electron chi connectivity index (χ2n) is 5.70. The van der Waals surface area contributed by atoms with Crippen molar-refractivity contribution in [2.24, 2.45) is 5.10 Å². The fraction of sp³-hybridized carbons (Fsp3) is 0.238. The van der Waals surface area contributed by atoms with Crippen LogP contribution in [0, 0.1) is 0 Å². The zero-order valence-electron chi connectivity index (χ0n) is 15.9. The predicted molar refractivity (Wildman–Crippen MR) is 114 cm³/mol. The first-order valence-electron chi connectivity index (χ1n) is 8.76. The predicted octanol–water partition coefficient (Wildman–Crippen LogP) is 4.58. The lowest BCUT2D eigenvalue weighted by molar-refractivity contribution is 0.0954. The van der Waals surface area contributed by atoms with E-state index < -0.39 is 0 Å². The standard InChI is InChI=1S/C21H23BrN2O4/c1-4-10-27-18-9-7-17(22)12-16(18)14-23-24-21(25)15-6-8-19(28-11-5-2)20(13-15)26-3/h4,6-9,12-14H,1,5,10-11H2,2-3H3,(H,24,25)/b23-14+. The zero-order valence-corrected chi connectivity index (χ0v) is 17.5. The number of benzene rings is 2. The van der Waals surface area contributed by atoms with Gasteiger partial charge < -0.3 is 14.2 Å². The summed E-state index contributed by atoms with van der Waals surface area (Å²) >= 11 is 3.41. The van der Waals surface area contributed by atoms with Gasteiger partial charge in [-0.05, 0) is 42.8 Å². The van der Waals surface area contributed by atoms with Gasteiger partial charge in [0.1, 0.15) is 12.4 Å². The van der Waals surface area contributed by atoms with E-state index in [1.54, 1.807) is 24.3 Å². The van der Waals surface area contributed by atoms with E-state index in [2.05, 4.69) is 33.0 Å². The molecule has 2 aromatic rings. The van der Waals surface area contributed by atoms with Gasteiger partial charge in [0.2, 0.25) is 0 Å². The van der Waals surface area contributed by atoms with E-state index >= 15 is 0 Å². The van der Waals surface area contributed by atoms with Crippen molar-refractivity contribution >= 4 is 28.1 Å². The fourth-order valence-corrected chi connectivity index (χ4v) is 2.64. The average molecular weight is 447 g/mol. The summed E-state index contributed by atoms with van der Waals surface area (Å²) < 4.78 is 17.4. The summed E-state index contributed by atoms with van der Waals surface area (Å²) in [7, 11) is 1.53. The molecule has 0 fully saturated rings. The number of ether oxygens (including phenoxy) is 3. The molecule has 0 unspecified atom stereocenters. The summed E-state index contributed by atoms with van der Waals surface area (Å²) in [6.45, 7) is 6.61. The van der Waals surface area contributed by atoms with Crippen LogP contribution in [0.25, 0.3) is 0 Å². The lowest BCUT2D eigenvalue weighted by Gasteiger charge is -2.11. The number of methoxy groups -OCH3 is 1. The van der Waals surface area contributed by atoms with Gasteiger partial charge in [0.25, 0.3) is 5.91 Å². The van der Waals surface area contributed by atoms with Gasteiger partial charge in [0.15, 0.2) is 11.5 Å². The Hall–Kier alpha value is -2.80. The molecular formula is C21H23BrN2O4. The molecule has 0 atom stereocenters. The van der Waals surface area contributed by atoms with Crippen LogP contribution < -0.4 is 19.6 Å². The van der Waals surface area contributed by atoms with E-state index in [9.17, 15) is 4.79 Å². The SMILES string of the molecule is C=CCOc1ccc(Br)cc1/C=N/NC(=O)c1ccc(OCCC)c(OC)c1. The average Bonchev–Trinajstić information content (AvgIpc) is 2.71. The van der Waals surface area contributed by atoms with Crippen LogP contribution in [-0.2, 0) is 0 Å². The monoisotopic (exact) mass is 446 g/mol. The van der Waals surface area contributed by atoms with E-state index in [1.807, 2.05) is 25.1 Å². The zero-order chi connectivity index (χ0) is 20.4. The molecule has 2 rings (SSSR count). The summed E-state index contributed by atoms with van der Waals surface area (Å²) in [5.74, 6) is 1.38. The summed E-state index contributed by atoms with van der Waals surface area (Å²) in [4.78, 5) is 12.4. The lowest BCUT2D eigenvalue weighted by atomic mass is 10.2. The van der Waals surface area contributed by atoms with E-state index in [0.29, 0.717) is 36.0 Å². The maximum Gasteiger partial charge on any atom is 0.271 e. The van der Waals surface area contributed by atoms with Crippen molar-refractivity contribution in [3.05, 3.63) is 64.7 Å². The summed E-state index contributed by atoms with van der Waals surface area (Å²) in [6, 6.07) is 10.5. The number of halogens is 1. The molecule has 0 heterocycles. The van der Waals surface area contributed by atoms with Gasteiger partial charge >= 0.3 is 0 Å². The third kappa shape index (κ3) is 6.13. The van der Waals surface area contributed by atoms with E-state index in [0.717, 1.165) is 16.5 Å². The number of rotatable bonds is 10. The van der Waals surface area contributed by atoms with Crippen molar-refractivity contribution < 1.29 is 19.0 Å². The van der Waals surface area contributed by atoms with E-state index in [4.69, 9.17) is 14.2 Å². The molecule has 6 nitrogen and oxygen atoms in total. The maximum absolute atomic E-state index is 12.4. The Kier molecular flexibility index (Phi) is 8.55. The molecule has 0 saturated heterocycles. The topological polar surface area (TPSA) is 69.2 Å². The first-order valence-corrected chi connectivity index (χ1v) is 9.55. The minimum absolute atomic E-state index is 0.361. The highest BCUT2D eigenvalue weighted by Gasteiger charge is 2.11. The Bertz CT molecular complexity index is 852. The molecule has 0 radical (unpaired) electrons. The molecule has 1 amide bonds. The number of carbonyl (C=O) groups is 1. The van der Waals surface area contributed by atoms with Crippen LogP contribution >= 0.6 is 15.9 Å². The van der Waals surface area contributed by atoms with Crippen molar-refractivity contribution in [2.75, 3.05) is 20.3 Å². The molecule has 0 aliphatic carbocycles. The maximum atomic E-state index is 12.4. The van der Waals surface area contributed by atoms with Gasteiger partial charge in [-0.25, -0.2) is 5.43 Å². The second kappa shape index (κ2) is 11.1. The van der Waals surface area contributed by atoms with Crippen molar-refractivity contribution in [1.29, 1.82) is 0 Å². The Morgan fingerprint density at radius 1 is 1.18 bits per heavy atom. The quantitative estimate of drug-likeness (QED) is 0.329. The van der Waals surface area contributed by atoms with Gasteiger partial charge in [-0.3, -0.25) is 4.79 Å². The Morgan fingerprint density at radius 3 is 2.68 bits per heavy atom. The normalized spacial score (nSPS) is 10.5. The van der Waals surface area contributed by atoms with Gasteiger partial charge in [-0.1, -0.05) is 35.5 Å². The number of amides is 1. The molecule has 0 aromatic heterocycles. The summed E-state index contributed by atoms with van der Waals surface area (Å²) in [6.07, 6.45) is 4.07. The van der Waals surface area contributed by atoms with Crippen LogP contribution in [0.4, 0.5) is 0 Å². The molecule has 0 aliphatic rings. The van der Waals surface area contributed by atoms with E-state index in [1.165, 1.54) is 13.3 Å². The molecule has 0 spiro atoms. The van der Waals surface area contributed by atoms with Crippen LogP contribution in [0.3, 0.4) is 0 Å². The molecule has 0 saturated carbocycles. The molecule has 0 bridgehead atoms. The number of hydrazone groups is 1. The fourth-order valence-electron chi connectivity index (χ4n) is 2.27. The van der Waals surface area contributed by atoms with Crippen LogP contribution in [0.15, 0.2) is 58.6 Å². The largest absolute Gasteiger partial charge is 0.493 e. The molecule has 7 heteroatoms. The Balaban J connectivity index is 2.09. The summed E-state index contributed by atoms with van der Waals surface area (Å²) in [5.41, 5.74) is 3.64. The summed E-state index contributed by atoms with van der Waals surface area (Å²) in [5, 5.41) is 4.03. The van der Waals surface area contributed by atoms with Gasteiger partial charge in [0, 0.05) is 15.6 Å². The molecule has 148 valence electrons. The smallest absolute Gasteiger partial charge is 0.271 e. The van der Waals surface area contributed by atoms with Crippen LogP contribution in [0.2, 0.25) is 0 Å². The highest BCUT2D eigenvalue weighted by Crippen LogP contribution is 2.28. The van der Waals surface area contributed by atoms with Crippen LogP contribution in [0.5, 0.6) is 17.2 Å². The van der Waals surface area contributed by atoms with Crippen LogP contribution in [0.1, 0.15) is 29.3 Å². The molecular weight excluding hydrogens is 424 g/mol. The van der Waals surface area contributed by atoms with E-state index in [-0.39, 0.29) is 5.91 Å². The van der Waals surface area contributed by atoms with Crippen molar-refractivity contribution in [2.45, 2.75) is 13.3 Å². The minimum Gasteiger partial charge on any atom is -0.493 e. The van der Waals surface area contributed by atoms with Crippen molar-refractivity contribution in [3.8, 4) is 17.2 Å². The third-order valence-electron chi connectivity index (χ3n) is 3.59. The number of nitrogens with one attached hydrogen (secondary N) is 1. The van der Waals surface area contributed by atoms with Crippen molar-refractivity contribution in [3.63, 3.8) is 0 Å². The molecule has 1 N–H and O–H groups in total. The number of carbonyl (C=O) groups excluding carboxylic acids is 1. The number of hydrogen-bond donors (Lipinski definition) is 1. The Morgan fingerprint density at radius 2 is 1.96 bits per heavy atom. The number of hydrogen-bond acceptors (Lipinski definition) is 5. The van der Waals surface area contributed by atoms with Gasteiger partial charge in [-0.2, -0.15) is 5.10 Å². The van der Waals surface area contributed by atoms with Gasteiger partial charge in [0.05, 0.1) is 19.9 Å². The molecule has 2 aromatic carbocycles. The first kappa shape index (κ1) is 21.5. The highest BCUT2D eigenvalue weighted by atomic mass is 79.9. The Labute approximate surface area is 173 Å². The molecule has 28 heavy (non-hydrogen) atoms. The van der Waals surface area contributed by atoms with Crippen molar-refractivity contribution in [1.82, 2.24) is 5.43 Å². The first-order chi connectivity index (χ1) is 13.6. The molecule has 0 aliphatic heterocycles. The lowest BCUT2D eigenvalue weighted by Crippen LogP contribution is -2.17.